The van der Waals surface area contributed by atoms with Crippen molar-refractivity contribution in [1.82, 2.24) is 0 Å². The summed E-state index contributed by atoms with van der Waals surface area (Å²) in [5.41, 5.74) is 1.14. The van der Waals surface area contributed by atoms with Gasteiger partial charge < -0.3 is 0 Å². The van der Waals surface area contributed by atoms with Gasteiger partial charge in [-0.1, -0.05) is 19.1 Å². The summed E-state index contributed by atoms with van der Waals surface area (Å²) in [5.74, 6) is 0. The van der Waals surface area contributed by atoms with Crippen LogP contribution in [0.25, 0.3) is 0 Å². The maximum Gasteiger partial charge on any atom is 0.0775 e. The minimum Gasteiger partial charge on any atom is -0.245 e. The second-order valence-electron chi connectivity index (χ2n) is 3.64. The van der Waals surface area contributed by atoms with E-state index >= 15 is 0 Å². The number of aliphatic imine (C=N–C) groups is 1. The molecule has 1 heterocycles. The lowest BCUT2D eigenvalue weighted by atomic mass is 10.2. The molecule has 80 valence electrons. The van der Waals surface area contributed by atoms with Crippen LogP contribution in [0.4, 0.5) is 5.69 Å². The second kappa shape index (κ2) is 5.08. The first-order valence-corrected chi connectivity index (χ1v) is 7.27. The number of benzene rings is 1. The van der Waals surface area contributed by atoms with Crippen LogP contribution in [0.1, 0.15) is 19.8 Å². The van der Waals surface area contributed by atoms with Gasteiger partial charge in [0.1, 0.15) is 0 Å². The van der Waals surface area contributed by atoms with E-state index in [4.69, 9.17) is 4.99 Å². The van der Waals surface area contributed by atoms with Crippen LogP contribution in [-0.4, -0.2) is 16.5 Å². The second-order valence-corrected chi connectivity index (χ2v) is 6.00. The predicted octanol–water partition coefficient (Wildman–Crippen LogP) is 4.35. The lowest BCUT2D eigenvalue weighted by Gasteiger charge is -2.16. The molecule has 0 saturated carbocycles. The Bertz CT molecular complexity index is 374. The lowest BCUT2D eigenvalue weighted by Crippen LogP contribution is -2.03. The molecule has 1 aromatic carbocycles. The molecule has 0 fully saturated rings. The number of thioether (sulfide) groups is 2. The van der Waals surface area contributed by atoms with E-state index in [2.05, 4.69) is 37.4 Å². The Morgan fingerprint density at radius 1 is 1.40 bits per heavy atom. The van der Waals surface area contributed by atoms with Crippen molar-refractivity contribution in [1.29, 1.82) is 0 Å². The number of nitrogens with zero attached hydrogens (tertiary/aromatic N) is 1. The van der Waals surface area contributed by atoms with Crippen LogP contribution in [-0.2, 0) is 0 Å². The molecule has 0 radical (unpaired) electrons. The van der Waals surface area contributed by atoms with Crippen LogP contribution in [0.15, 0.2) is 34.2 Å². The number of fused-ring (bicyclic) bond motifs is 1. The van der Waals surface area contributed by atoms with E-state index in [0.717, 1.165) is 12.1 Å². The fraction of sp³-hybridized carbons (Fsp3) is 0.417. The highest BCUT2D eigenvalue weighted by Gasteiger charge is 2.13. The highest BCUT2D eigenvalue weighted by molar-refractivity contribution is 8.13. The smallest absolute Gasteiger partial charge is 0.0775 e. The Morgan fingerprint density at radius 3 is 3.00 bits per heavy atom. The molecule has 0 spiro atoms. The molecule has 1 aromatic rings. The third-order valence-electron chi connectivity index (χ3n) is 2.44. The molecule has 1 aliphatic heterocycles. The number of para-hydroxylation sites is 1. The third kappa shape index (κ3) is 2.79. The lowest BCUT2D eigenvalue weighted by molar-refractivity contribution is 0.855. The molecule has 0 aliphatic carbocycles. The van der Waals surface area contributed by atoms with Gasteiger partial charge in [0.2, 0.25) is 0 Å². The molecule has 0 aromatic heterocycles. The maximum atomic E-state index is 4.71. The summed E-state index contributed by atoms with van der Waals surface area (Å²) in [4.78, 5) is 6.03. The van der Waals surface area contributed by atoms with Gasteiger partial charge in [-0.3, -0.25) is 0 Å². The molecule has 1 aliphatic rings. The summed E-state index contributed by atoms with van der Waals surface area (Å²) >= 11 is 3.72. The first-order valence-electron chi connectivity index (χ1n) is 5.17. The maximum absolute atomic E-state index is 4.71. The zero-order valence-electron chi connectivity index (χ0n) is 9.06. The Kier molecular flexibility index (Phi) is 3.76. The Labute approximate surface area is 99.8 Å². The van der Waals surface area contributed by atoms with E-state index in [9.17, 15) is 0 Å². The van der Waals surface area contributed by atoms with Gasteiger partial charge in [0.15, 0.2) is 0 Å². The first kappa shape index (κ1) is 11.1. The summed E-state index contributed by atoms with van der Waals surface area (Å²) < 4.78 is 0. The zero-order chi connectivity index (χ0) is 10.7. The van der Waals surface area contributed by atoms with Gasteiger partial charge in [-0.15, -0.1) is 23.5 Å². The van der Waals surface area contributed by atoms with Gasteiger partial charge in [0.25, 0.3) is 0 Å². The molecule has 2 rings (SSSR count). The first-order chi connectivity index (χ1) is 7.29. The average molecular weight is 237 g/mol. The molecule has 0 saturated heterocycles. The quantitative estimate of drug-likeness (QED) is 0.665. The van der Waals surface area contributed by atoms with Gasteiger partial charge in [-0.25, -0.2) is 4.99 Å². The highest BCUT2D eigenvalue weighted by Crippen LogP contribution is 2.36. The Morgan fingerprint density at radius 2 is 2.20 bits per heavy atom. The zero-order valence-corrected chi connectivity index (χ0v) is 10.7. The van der Waals surface area contributed by atoms with Gasteiger partial charge in [0, 0.05) is 10.1 Å². The number of rotatable bonds is 0. The Balaban J connectivity index is 2.39. The molecule has 15 heavy (non-hydrogen) atoms. The number of hydrogen-bond acceptors (Lipinski definition) is 3. The van der Waals surface area contributed by atoms with Crippen LogP contribution in [0.2, 0.25) is 0 Å². The summed E-state index contributed by atoms with van der Waals surface area (Å²) in [7, 11) is 0. The van der Waals surface area contributed by atoms with Crippen molar-refractivity contribution in [3.8, 4) is 0 Å². The monoisotopic (exact) mass is 237 g/mol. The summed E-state index contributed by atoms with van der Waals surface area (Å²) in [6.07, 6.45) is 4.45. The molecule has 0 amide bonds. The molecule has 3 heteroatoms. The van der Waals surface area contributed by atoms with Crippen molar-refractivity contribution in [2.45, 2.75) is 29.9 Å². The van der Waals surface area contributed by atoms with Gasteiger partial charge >= 0.3 is 0 Å². The fourth-order valence-corrected chi connectivity index (χ4v) is 3.16. The minimum atomic E-state index is 0.684. The van der Waals surface area contributed by atoms with E-state index in [1.807, 2.05) is 11.8 Å². The van der Waals surface area contributed by atoms with Crippen molar-refractivity contribution in [3.05, 3.63) is 24.3 Å². The van der Waals surface area contributed by atoms with Crippen LogP contribution >= 0.6 is 23.5 Å². The topological polar surface area (TPSA) is 12.4 Å². The van der Waals surface area contributed by atoms with Crippen LogP contribution in [0.5, 0.6) is 0 Å². The van der Waals surface area contributed by atoms with Crippen LogP contribution in [0, 0.1) is 0 Å². The Hall–Kier alpha value is -0.410. The molecule has 0 bridgehead atoms. The van der Waals surface area contributed by atoms with Crippen molar-refractivity contribution < 1.29 is 0 Å². The SMILES string of the molecule is CSC1=Nc2ccccc2SC(C)CC1. The largest absolute Gasteiger partial charge is 0.245 e. The van der Waals surface area contributed by atoms with Crippen molar-refractivity contribution in [2.24, 2.45) is 4.99 Å². The van der Waals surface area contributed by atoms with Crippen molar-refractivity contribution in [2.75, 3.05) is 6.26 Å². The van der Waals surface area contributed by atoms with Crippen LogP contribution < -0.4 is 0 Å². The minimum absolute atomic E-state index is 0.684. The van der Waals surface area contributed by atoms with E-state index < -0.39 is 0 Å². The average Bonchev–Trinajstić information content (AvgIpc) is 2.23. The van der Waals surface area contributed by atoms with E-state index in [-0.39, 0.29) is 0 Å². The van der Waals surface area contributed by atoms with Gasteiger partial charge in [-0.05, 0) is 31.2 Å². The van der Waals surface area contributed by atoms with Gasteiger partial charge in [-0.2, -0.15) is 0 Å². The summed E-state index contributed by atoms with van der Waals surface area (Å²) in [5, 5.41) is 1.94. The summed E-state index contributed by atoms with van der Waals surface area (Å²) in [6.45, 7) is 2.30. The standard InChI is InChI=1S/C12H15NS2/c1-9-7-8-12(14-2)13-10-5-3-4-6-11(10)15-9/h3-6,9H,7-8H2,1-2H3. The molecule has 1 atom stereocenters. The highest BCUT2D eigenvalue weighted by atomic mass is 32.2. The molecular formula is C12H15NS2. The number of hydrogen-bond donors (Lipinski definition) is 0. The van der Waals surface area contributed by atoms with E-state index in [0.29, 0.717) is 5.25 Å². The third-order valence-corrected chi connectivity index (χ3v) is 4.44. The van der Waals surface area contributed by atoms with E-state index in [1.165, 1.54) is 16.4 Å². The van der Waals surface area contributed by atoms with Crippen LogP contribution in [0.3, 0.4) is 0 Å². The molecule has 0 N–H and O–H groups in total. The van der Waals surface area contributed by atoms with Crippen molar-refractivity contribution >= 4 is 34.3 Å². The predicted molar refractivity (Wildman–Crippen MR) is 71.6 cm³/mol. The van der Waals surface area contributed by atoms with E-state index in [1.54, 1.807) is 11.8 Å². The molecule has 1 nitrogen and oxygen atoms in total. The molecule has 1 unspecified atom stereocenters. The normalized spacial score (nSPS) is 21.2. The molecular weight excluding hydrogens is 222 g/mol. The van der Waals surface area contributed by atoms with Gasteiger partial charge in [0.05, 0.1) is 10.7 Å². The fourth-order valence-electron chi connectivity index (χ4n) is 1.59. The summed E-state index contributed by atoms with van der Waals surface area (Å²) in [6, 6.07) is 8.43. The van der Waals surface area contributed by atoms with Crippen molar-refractivity contribution in [3.63, 3.8) is 0 Å².